The van der Waals surface area contributed by atoms with Gasteiger partial charge in [-0.1, -0.05) is 0 Å². The molecule has 3 aromatic rings. The van der Waals surface area contributed by atoms with Crippen molar-refractivity contribution in [2.24, 2.45) is 0 Å². The molecule has 0 fully saturated rings. The van der Waals surface area contributed by atoms with Crippen molar-refractivity contribution in [3.05, 3.63) is 103 Å². The Balaban J connectivity index is 0.00000208. The van der Waals surface area contributed by atoms with Crippen molar-refractivity contribution in [2.45, 2.75) is 6.92 Å². The Morgan fingerprint density at radius 2 is 0.958 bits per heavy atom. The summed E-state index contributed by atoms with van der Waals surface area (Å²) in [4.78, 5) is 0. The Labute approximate surface area is 152 Å². The van der Waals surface area contributed by atoms with Gasteiger partial charge in [-0.25, -0.2) is 0 Å². The first-order valence-electron chi connectivity index (χ1n) is 8.15. The second-order valence-electron chi connectivity index (χ2n) is 5.78. The molecule has 0 aromatic heterocycles. The molecule has 0 spiro atoms. The maximum Gasteiger partial charge on any atom is -0.147 e. The van der Waals surface area contributed by atoms with Gasteiger partial charge in [-0.15, -0.1) is 12.4 Å². The zero-order chi connectivity index (χ0) is 16.0. The van der Waals surface area contributed by atoms with Crippen LogP contribution in [0.2, 0.25) is 0 Å². The molecule has 0 aliphatic carbocycles. The van der Waals surface area contributed by atoms with Crippen LogP contribution in [-0.2, 0) is 0 Å². The Bertz CT molecular complexity index is 655. The van der Waals surface area contributed by atoms with E-state index in [1.807, 2.05) is 0 Å². The average Bonchev–Trinajstić information content (AvgIpc) is 2.65. The Hall–Kier alpha value is -1.88. The summed E-state index contributed by atoms with van der Waals surface area (Å²) < 4.78 is 0. The molecule has 0 N–H and O–H groups in total. The van der Waals surface area contributed by atoms with E-state index in [2.05, 4.69) is 110 Å². The third-order valence-electron chi connectivity index (χ3n) is 4.46. The Morgan fingerprint density at radius 1 is 0.625 bits per heavy atom. The Morgan fingerprint density at radius 3 is 1.25 bits per heavy atom. The predicted octanol–water partition coefficient (Wildman–Crippen LogP) is 4.71. The van der Waals surface area contributed by atoms with E-state index in [9.17, 15) is 0 Å². The molecule has 3 aromatic carbocycles. The van der Waals surface area contributed by atoms with Crippen LogP contribution in [0.15, 0.2) is 103 Å². The minimum atomic E-state index is -2.03. The van der Waals surface area contributed by atoms with Gasteiger partial charge in [0.2, 0.25) is 0 Å². The molecule has 0 radical (unpaired) electrons. The predicted molar refractivity (Wildman–Crippen MR) is 113 cm³/mol. The Kier molecular flexibility index (Phi) is 6.79. The molecule has 0 saturated heterocycles. The number of rotatable bonds is 5. The number of hydrogen-bond donors (Lipinski definition) is 0. The number of allylic oxidation sites excluding steroid dienone is 2. The van der Waals surface area contributed by atoms with Crippen LogP contribution < -0.4 is 15.9 Å². The van der Waals surface area contributed by atoms with Gasteiger partial charge in [-0.05, 0) is 0 Å². The van der Waals surface area contributed by atoms with E-state index in [1.165, 1.54) is 15.9 Å². The summed E-state index contributed by atoms with van der Waals surface area (Å²) in [5.41, 5.74) is 0. The molecule has 0 heterocycles. The van der Waals surface area contributed by atoms with Gasteiger partial charge in [0, 0.05) is 0 Å². The van der Waals surface area contributed by atoms with Crippen LogP contribution in [0, 0.1) is 0 Å². The van der Waals surface area contributed by atoms with Crippen LogP contribution in [0.4, 0.5) is 0 Å². The molecule has 2 heteroatoms. The molecule has 0 aliphatic rings. The molecule has 24 heavy (non-hydrogen) atoms. The third kappa shape index (κ3) is 3.61. The minimum absolute atomic E-state index is 0. The van der Waals surface area contributed by atoms with Crippen LogP contribution >= 0.6 is 19.7 Å². The van der Waals surface area contributed by atoms with E-state index in [0.29, 0.717) is 0 Å². The summed E-state index contributed by atoms with van der Waals surface area (Å²) in [6, 6.07) is 33.1. The zero-order valence-corrected chi connectivity index (χ0v) is 15.7. The van der Waals surface area contributed by atoms with Crippen molar-refractivity contribution in [3.63, 3.8) is 0 Å². The van der Waals surface area contributed by atoms with Gasteiger partial charge in [0.15, 0.2) is 0 Å². The fourth-order valence-electron chi connectivity index (χ4n) is 3.32. The molecule has 3 rings (SSSR count). The first-order chi connectivity index (χ1) is 11.4. The van der Waals surface area contributed by atoms with Gasteiger partial charge >= 0.3 is 139 Å². The fourth-order valence-corrected chi connectivity index (χ4v) is 7.90. The van der Waals surface area contributed by atoms with E-state index in [1.54, 1.807) is 0 Å². The number of hydrogen-bond acceptors (Lipinski definition) is 0. The van der Waals surface area contributed by atoms with Crippen molar-refractivity contribution in [1.82, 2.24) is 0 Å². The molecular weight excluding hydrogens is 331 g/mol. The fraction of sp³-hybridized carbons (Fsp3) is 0.0909. The molecule has 0 aliphatic heterocycles. The van der Waals surface area contributed by atoms with E-state index >= 15 is 0 Å². The molecule has 0 bridgehead atoms. The van der Waals surface area contributed by atoms with Crippen molar-refractivity contribution in [1.29, 1.82) is 0 Å². The van der Waals surface area contributed by atoms with E-state index in [-0.39, 0.29) is 12.4 Å². The topological polar surface area (TPSA) is 0 Å². The molecule has 0 atom stereocenters. The minimum Gasteiger partial charge on any atom is -0.147 e. The monoisotopic (exact) mass is 354 g/mol. The summed E-state index contributed by atoms with van der Waals surface area (Å²) in [5.74, 6) is 0. The zero-order valence-electron chi connectivity index (χ0n) is 13.9. The van der Waals surface area contributed by atoms with Gasteiger partial charge in [-0.3, -0.25) is 0 Å². The van der Waals surface area contributed by atoms with E-state index in [4.69, 9.17) is 0 Å². The first-order valence-corrected chi connectivity index (χ1v) is 10.4. The quantitative estimate of drug-likeness (QED) is 0.460. The summed E-state index contributed by atoms with van der Waals surface area (Å²) in [6.07, 6.45) is 5.59. The van der Waals surface area contributed by atoms with Crippen LogP contribution in [0.1, 0.15) is 6.92 Å². The number of benzene rings is 3. The molecule has 124 valence electrons. The van der Waals surface area contributed by atoms with E-state index in [0.717, 1.165) is 6.16 Å². The van der Waals surface area contributed by atoms with Crippen LogP contribution in [0.5, 0.6) is 0 Å². The van der Waals surface area contributed by atoms with Crippen molar-refractivity contribution < 1.29 is 0 Å². The smallest absolute Gasteiger partial charge is 0.147 e. The number of halogens is 1. The summed E-state index contributed by atoms with van der Waals surface area (Å²) in [7, 11) is -2.03. The first kappa shape index (κ1) is 18.5. The molecule has 0 saturated carbocycles. The standard InChI is InChI=1S/C22H23P.ClH/c1-2-3-19-23(20-13-7-4-8-14-20,21-15-9-5-10-16-21)22-17-11-6-12-18-22;/h2-18,23H,19H2,1H3;1H. The normalized spacial score (nSPS) is 11.9. The van der Waals surface area contributed by atoms with Gasteiger partial charge < -0.3 is 0 Å². The average molecular weight is 355 g/mol. The van der Waals surface area contributed by atoms with Crippen LogP contribution in [-0.4, -0.2) is 6.16 Å². The van der Waals surface area contributed by atoms with Gasteiger partial charge in [0.05, 0.1) is 0 Å². The molecular formula is C22H24ClP. The van der Waals surface area contributed by atoms with Gasteiger partial charge in [-0.2, -0.15) is 0 Å². The SMILES string of the molecule is CC=CC[PH](c1ccccc1)(c1ccccc1)c1ccccc1.Cl. The maximum absolute atomic E-state index is 2.33. The second kappa shape index (κ2) is 8.83. The summed E-state index contributed by atoms with van der Waals surface area (Å²) in [5, 5.41) is 4.40. The largest absolute Gasteiger partial charge is 0.147 e. The van der Waals surface area contributed by atoms with Crippen molar-refractivity contribution in [2.75, 3.05) is 6.16 Å². The molecule has 0 nitrogen and oxygen atoms in total. The van der Waals surface area contributed by atoms with Crippen LogP contribution in [0.25, 0.3) is 0 Å². The third-order valence-corrected chi connectivity index (χ3v) is 9.26. The van der Waals surface area contributed by atoms with Crippen molar-refractivity contribution >= 4 is 35.6 Å². The molecule has 0 amide bonds. The van der Waals surface area contributed by atoms with E-state index < -0.39 is 7.26 Å². The maximum atomic E-state index is 2.33. The second-order valence-corrected chi connectivity index (χ2v) is 9.73. The van der Waals surface area contributed by atoms with Crippen molar-refractivity contribution in [3.8, 4) is 0 Å². The van der Waals surface area contributed by atoms with Gasteiger partial charge in [0.1, 0.15) is 0 Å². The van der Waals surface area contributed by atoms with Crippen LogP contribution in [0.3, 0.4) is 0 Å². The van der Waals surface area contributed by atoms with Gasteiger partial charge in [0.25, 0.3) is 0 Å². The summed E-state index contributed by atoms with van der Waals surface area (Å²) in [6.45, 7) is 2.11. The molecule has 0 unspecified atom stereocenters. The summed E-state index contributed by atoms with van der Waals surface area (Å²) >= 11 is 0.